The third kappa shape index (κ3) is 2.52. The number of aromatic nitrogens is 1. The van der Waals surface area contributed by atoms with Gasteiger partial charge in [0, 0.05) is 37.1 Å². The maximum Gasteiger partial charge on any atom is 0.259 e. The van der Waals surface area contributed by atoms with Crippen LogP contribution in [0.15, 0.2) is 29.2 Å². The molecule has 1 amide bonds. The molecule has 0 saturated heterocycles. The summed E-state index contributed by atoms with van der Waals surface area (Å²) in [5, 5.41) is 0. The predicted molar refractivity (Wildman–Crippen MR) is 76.6 cm³/mol. The number of nitrogens with zero attached hydrogens (tertiary/aromatic N) is 1. The number of hydrogen-bond acceptors (Lipinski definition) is 2. The Balaban J connectivity index is 1.91. The highest BCUT2D eigenvalue weighted by Gasteiger charge is 2.25. The number of rotatable bonds is 1. The normalized spacial score (nSPS) is 13.9. The van der Waals surface area contributed by atoms with E-state index in [1.807, 2.05) is 0 Å². The van der Waals surface area contributed by atoms with E-state index in [1.54, 1.807) is 6.92 Å². The Kier molecular flexibility index (Phi) is 3.52. The minimum atomic E-state index is -0.668. The van der Waals surface area contributed by atoms with Crippen LogP contribution in [0, 0.1) is 18.6 Å². The fraction of sp³-hybridized carbons (Fsp3) is 0.250. The smallest absolute Gasteiger partial charge is 0.259 e. The summed E-state index contributed by atoms with van der Waals surface area (Å²) in [5.41, 5.74) is 1.21. The number of carbonyl (C=O) groups is 1. The second-order valence-electron chi connectivity index (χ2n) is 5.40. The van der Waals surface area contributed by atoms with Crippen molar-refractivity contribution < 1.29 is 13.6 Å². The van der Waals surface area contributed by atoms with Gasteiger partial charge in [-0.05, 0) is 30.5 Å². The number of carbonyl (C=O) groups excluding carboxylic acids is 1. The van der Waals surface area contributed by atoms with Crippen molar-refractivity contribution in [3.63, 3.8) is 0 Å². The molecule has 1 aliphatic rings. The molecule has 1 aliphatic heterocycles. The van der Waals surface area contributed by atoms with Gasteiger partial charge in [0.1, 0.15) is 17.2 Å². The van der Waals surface area contributed by atoms with Crippen LogP contribution in [-0.2, 0) is 13.0 Å². The van der Waals surface area contributed by atoms with E-state index in [0.29, 0.717) is 29.8 Å². The minimum absolute atomic E-state index is 0.0333. The zero-order valence-electron chi connectivity index (χ0n) is 12.0. The molecular formula is C16H14F2N2O2. The van der Waals surface area contributed by atoms with Crippen molar-refractivity contribution in [1.82, 2.24) is 9.88 Å². The topological polar surface area (TPSA) is 53.2 Å². The van der Waals surface area contributed by atoms with Crippen LogP contribution in [-0.4, -0.2) is 22.3 Å². The molecule has 114 valence electrons. The van der Waals surface area contributed by atoms with Crippen LogP contribution >= 0.6 is 0 Å². The number of aromatic amines is 1. The zero-order chi connectivity index (χ0) is 15.9. The maximum atomic E-state index is 13.7. The van der Waals surface area contributed by atoms with Crippen LogP contribution in [0.1, 0.15) is 27.2 Å². The summed E-state index contributed by atoms with van der Waals surface area (Å²) >= 11 is 0. The molecule has 0 saturated carbocycles. The Morgan fingerprint density at radius 3 is 2.77 bits per heavy atom. The number of benzene rings is 1. The van der Waals surface area contributed by atoms with Crippen LogP contribution < -0.4 is 5.43 Å². The second-order valence-corrected chi connectivity index (χ2v) is 5.40. The highest BCUT2D eigenvalue weighted by molar-refractivity contribution is 5.94. The molecule has 0 aliphatic carbocycles. The highest BCUT2D eigenvalue weighted by atomic mass is 19.1. The van der Waals surface area contributed by atoms with Gasteiger partial charge in [-0.2, -0.15) is 0 Å². The lowest BCUT2D eigenvalue weighted by Gasteiger charge is -2.29. The molecule has 1 aromatic heterocycles. The lowest BCUT2D eigenvalue weighted by Crippen LogP contribution is -2.38. The first kappa shape index (κ1) is 14.4. The van der Waals surface area contributed by atoms with E-state index in [9.17, 15) is 18.4 Å². The van der Waals surface area contributed by atoms with Gasteiger partial charge in [-0.1, -0.05) is 0 Å². The highest BCUT2D eigenvalue weighted by Crippen LogP contribution is 2.23. The molecule has 4 nitrogen and oxygen atoms in total. The van der Waals surface area contributed by atoms with Gasteiger partial charge < -0.3 is 9.88 Å². The summed E-state index contributed by atoms with van der Waals surface area (Å²) < 4.78 is 27.0. The van der Waals surface area contributed by atoms with Gasteiger partial charge >= 0.3 is 0 Å². The van der Waals surface area contributed by atoms with Crippen LogP contribution in [0.5, 0.6) is 0 Å². The van der Waals surface area contributed by atoms with Gasteiger partial charge in [0.2, 0.25) is 0 Å². The molecule has 0 spiro atoms. The SMILES string of the molecule is Cc1cc(=O)c(C(=O)N2CCc3c(F)cc(F)cc3C2)c[nH]1. The number of amides is 1. The number of aryl methyl sites for hydroxylation is 1. The fourth-order valence-electron chi connectivity index (χ4n) is 2.69. The predicted octanol–water partition coefficient (Wildman–Crippen LogP) is 2.16. The monoisotopic (exact) mass is 304 g/mol. The standard InChI is InChI=1S/C16H14F2N2O2/c1-9-4-15(21)13(7-19-9)16(22)20-3-2-12-10(8-20)5-11(17)6-14(12)18/h4-7H,2-3,8H2,1H3,(H,19,21). The van der Waals surface area contributed by atoms with Crippen molar-refractivity contribution in [2.75, 3.05) is 6.54 Å². The first-order valence-corrected chi connectivity index (χ1v) is 6.91. The number of H-pyrrole nitrogens is 1. The molecule has 1 aromatic carbocycles. The van der Waals surface area contributed by atoms with Crippen LogP contribution in [0.2, 0.25) is 0 Å². The number of hydrogen-bond donors (Lipinski definition) is 1. The quantitative estimate of drug-likeness (QED) is 0.878. The van der Waals surface area contributed by atoms with Gasteiger partial charge in [0.15, 0.2) is 5.43 Å². The fourth-order valence-corrected chi connectivity index (χ4v) is 2.69. The number of nitrogens with one attached hydrogen (secondary N) is 1. The van der Waals surface area contributed by atoms with Crippen molar-refractivity contribution in [3.8, 4) is 0 Å². The first-order valence-electron chi connectivity index (χ1n) is 6.91. The van der Waals surface area contributed by atoms with E-state index in [4.69, 9.17) is 0 Å². The van der Waals surface area contributed by atoms with Crippen LogP contribution in [0.4, 0.5) is 8.78 Å². The number of halogens is 2. The van der Waals surface area contributed by atoms with Gasteiger partial charge in [0.25, 0.3) is 5.91 Å². The summed E-state index contributed by atoms with van der Waals surface area (Å²) in [6, 6.07) is 3.43. The van der Waals surface area contributed by atoms with Gasteiger partial charge in [0.05, 0.1) is 0 Å². The Morgan fingerprint density at radius 2 is 2.05 bits per heavy atom. The molecule has 2 aromatic rings. The summed E-state index contributed by atoms with van der Waals surface area (Å²) in [6.07, 6.45) is 1.68. The zero-order valence-corrected chi connectivity index (χ0v) is 12.0. The Hall–Kier alpha value is -2.50. The lowest BCUT2D eigenvalue weighted by molar-refractivity contribution is 0.0731. The van der Waals surface area contributed by atoms with Crippen molar-refractivity contribution in [2.45, 2.75) is 19.9 Å². The first-order chi connectivity index (χ1) is 10.5. The summed E-state index contributed by atoms with van der Waals surface area (Å²) in [7, 11) is 0. The molecule has 0 unspecified atom stereocenters. The van der Waals surface area contributed by atoms with Crippen LogP contribution in [0.25, 0.3) is 0 Å². The Morgan fingerprint density at radius 1 is 1.27 bits per heavy atom. The molecule has 6 heteroatoms. The van der Waals surface area contributed by atoms with E-state index in [1.165, 1.54) is 23.2 Å². The van der Waals surface area contributed by atoms with Crippen molar-refractivity contribution >= 4 is 5.91 Å². The number of pyridine rings is 1. The van der Waals surface area contributed by atoms with Gasteiger partial charge in [-0.25, -0.2) is 8.78 Å². The second kappa shape index (κ2) is 5.36. The average Bonchev–Trinajstić information content (AvgIpc) is 2.45. The third-order valence-corrected chi connectivity index (χ3v) is 3.82. The van der Waals surface area contributed by atoms with Crippen molar-refractivity contribution in [3.05, 3.63) is 68.6 Å². The molecule has 3 rings (SSSR count). The van der Waals surface area contributed by atoms with E-state index < -0.39 is 17.5 Å². The molecular weight excluding hydrogens is 290 g/mol. The Labute approximate surface area is 125 Å². The molecule has 22 heavy (non-hydrogen) atoms. The maximum absolute atomic E-state index is 13.7. The molecule has 0 radical (unpaired) electrons. The molecule has 2 heterocycles. The molecule has 1 N–H and O–H groups in total. The van der Waals surface area contributed by atoms with E-state index in [2.05, 4.69) is 4.98 Å². The lowest BCUT2D eigenvalue weighted by atomic mass is 9.98. The molecule has 0 bridgehead atoms. The summed E-state index contributed by atoms with van der Waals surface area (Å²) in [6.45, 7) is 2.11. The Bertz CT molecular complexity index is 814. The minimum Gasteiger partial charge on any atom is -0.364 e. The third-order valence-electron chi connectivity index (χ3n) is 3.82. The largest absolute Gasteiger partial charge is 0.364 e. The molecule has 0 atom stereocenters. The number of fused-ring (bicyclic) bond motifs is 1. The van der Waals surface area contributed by atoms with E-state index in [-0.39, 0.29) is 17.5 Å². The molecule has 0 fully saturated rings. The van der Waals surface area contributed by atoms with Gasteiger partial charge in [-0.3, -0.25) is 9.59 Å². The summed E-state index contributed by atoms with van der Waals surface area (Å²) in [5.74, 6) is -1.69. The van der Waals surface area contributed by atoms with E-state index in [0.717, 1.165) is 6.07 Å². The summed E-state index contributed by atoms with van der Waals surface area (Å²) in [4.78, 5) is 28.6. The van der Waals surface area contributed by atoms with Gasteiger partial charge in [-0.15, -0.1) is 0 Å². The van der Waals surface area contributed by atoms with Crippen LogP contribution in [0.3, 0.4) is 0 Å². The van der Waals surface area contributed by atoms with Crippen molar-refractivity contribution in [1.29, 1.82) is 0 Å². The van der Waals surface area contributed by atoms with Crippen molar-refractivity contribution in [2.24, 2.45) is 0 Å². The van der Waals surface area contributed by atoms with E-state index >= 15 is 0 Å². The average molecular weight is 304 g/mol.